The van der Waals surface area contributed by atoms with Gasteiger partial charge in [-0.05, 0) is 43.9 Å². The summed E-state index contributed by atoms with van der Waals surface area (Å²) in [4.78, 5) is 70.3. The summed E-state index contributed by atoms with van der Waals surface area (Å²) in [6.07, 6.45) is 3.49. The maximum absolute atomic E-state index is 12.1. The zero-order valence-corrected chi connectivity index (χ0v) is 24.4. The summed E-state index contributed by atoms with van der Waals surface area (Å²) >= 11 is 0. The van der Waals surface area contributed by atoms with Crippen molar-refractivity contribution in [3.8, 4) is 0 Å². The summed E-state index contributed by atoms with van der Waals surface area (Å²) < 4.78 is 5.43. The Morgan fingerprint density at radius 2 is 1.41 bits per heavy atom. The van der Waals surface area contributed by atoms with Crippen LogP contribution < -0.4 is 26.6 Å². The number of ketones is 1. The topological polar surface area (TPSA) is 172 Å². The van der Waals surface area contributed by atoms with Gasteiger partial charge in [-0.25, -0.2) is 0 Å². The van der Waals surface area contributed by atoms with E-state index in [9.17, 15) is 28.8 Å². The quantitative estimate of drug-likeness (QED) is 0.108. The number of benzene rings is 1. The maximum Gasteiger partial charge on any atom is 0.233 e. The molecule has 0 saturated heterocycles. The van der Waals surface area contributed by atoms with Crippen molar-refractivity contribution < 1.29 is 33.5 Å². The van der Waals surface area contributed by atoms with E-state index in [1.807, 2.05) is 6.92 Å². The number of unbranched alkanes of at least 4 members (excludes halogenated alkanes) is 1. The molecule has 1 aromatic rings. The molecular weight excluding hydrogens is 530 g/mol. The van der Waals surface area contributed by atoms with E-state index in [2.05, 4.69) is 26.6 Å². The number of ether oxygens (including phenoxy) is 1. The molecule has 0 aliphatic carbocycles. The first-order valence-corrected chi connectivity index (χ1v) is 14.1. The third-order valence-corrected chi connectivity index (χ3v) is 6.22. The minimum atomic E-state index is -0.470. The van der Waals surface area contributed by atoms with Crippen molar-refractivity contribution in [2.75, 3.05) is 45.2 Å². The smallest absolute Gasteiger partial charge is 0.233 e. The zero-order chi connectivity index (χ0) is 30.5. The molecule has 0 saturated carbocycles. The lowest BCUT2D eigenvalue weighted by Gasteiger charge is -2.09. The molecule has 0 bridgehead atoms. The molecule has 0 spiro atoms. The Balaban J connectivity index is 2.09. The standard InChI is InChI=1S/C29H45N5O7/c1-21(22(2)35)7-4-5-14-31-26(37)8-6-17-41-18-16-33-28(39)20-29(40)34-24-11-9-23(10-12-24)19-27(38)32-15-13-25(36)30-3/h9-12,21H,4-8,13-20H2,1-3H3,(H,30,36)(H,31,37)(H,32,38)(H,33,39)(H,34,40). The number of rotatable bonds is 21. The molecule has 0 radical (unpaired) electrons. The molecule has 1 rings (SSSR count). The predicted octanol–water partition coefficient (Wildman–Crippen LogP) is 1.23. The monoisotopic (exact) mass is 575 g/mol. The van der Waals surface area contributed by atoms with Gasteiger partial charge in [0.25, 0.3) is 0 Å². The van der Waals surface area contributed by atoms with Crippen molar-refractivity contribution in [2.24, 2.45) is 5.92 Å². The van der Waals surface area contributed by atoms with E-state index in [1.165, 1.54) is 7.05 Å². The Kier molecular flexibility index (Phi) is 18.1. The SMILES string of the molecule is CNC(=O)CCNC(=O)Cc1ccc(NC(=O)CC(=O)NCCOCCCC(=O)NCCCCC(C)C(C)=O)cc1. The fourth-order valence-corrected chi connectivity index (χ4v) is 3.60. The number of hydrogen-bond acceptors (Lipinski definition) is 7. The molecule has 0 fully saturated rings. The van der Waals surface area contributed by atoms with E-state index in [0.717, 1.165) is 24.8 Å². The third kappa shape index (κ3) is 18.2. The molecule has 1 atom stereocenters. The molecule has 228 valence electrons. The van der Waals surface area contributed by atoms with Crippen LogP contribution >= 0.6 is 0 Å². The normalized spacial score (nSPS) is 11.2. The van der Waals surface area contributed by atoms with Crippen LogP contribution in [0.1, 0.15) is 64.4 Å². The molecule has 41 heavy (non-hydrogen) atoms. The highest BCUT2D eigenvalue weighted by atomic mass is 16.5. The Hall–Kier alpha value is -3.80. The van der Waals surface area contributed by atoms with Crippen LogP contribution in [0.5, 0.6) is 0 Å². The highest BCUT2D eigenvalue weighted by Gasteiger charge is 2.11. The first kappa shape index (κ1) is 35.2. The highest BCUT2D eigenvalue weighted by Crippen LogP contribution is 2.11. The van der Waals surface area contributed by atoms with E-state index in [-0.39, 0.29) is 68.4 Å². The molecule has 1 unspecified atom stereocenters. The highest BCUT2D eigenvalue weighted by molar-refractivity contribution is 6.03. The first-order chi connectivity index (χ1) is 19.6. The molecular formula is C29H45N5O7. The lowest BCUT2D eigenvalue weighted by atomic mass is 10.0. The molecule has 1 aromatic carbocycles. The van der Waals surface area contributed by atoms with Gasteiger partial charge >= 0.3 is 0 Å². The van der Waals surface area contributed by atoms with Gasteiger partial charge in [0.15, 0.2) is 0 Å². The van der Waals surface area contributed by atoms with Crippen molar-refractivity contribution in [1.82, 2.24) is 21.3 Å². The number of hydrogen-bond donors (Lipinski definition) is 5. The van der Waals surface area contributed by atoms with Crippen molar-refractivity contribution in [1.29, 1.82) is 0 Å². The van der Waals surface area contributed by atoms with Gasteiger partial charge in [-0.2, -0.15) is 0 Å². The first-order valence-electron chi connectivity index (χ1n) is 14.1. The summed E-state index contributed by atoms with van der Waals surface area (Å²) in [5.74, 6) is -1.05. The minimum absolute atomic E-state index is 0.0397. The average molecular weight is 576 g/mol. The van der Waals surface area contributed by atoms with Gasteiger partial charge in [0, 0.05) is 57.7 Å². The maximum atomic E-state index is 12.1. The second-order valence-electron chi connectivity index (χ2n) is 9.80. The molecule has 0 aliphatic heterocycles. The number of carbonyl (C=O) groups excluding carboxylic acids is 6. The summed E-state index contributed by atoms with van der Waals surface area (Å²) in [7, 11) is 1.53. The van der Waals surface area contributed by atoms with Gasteiger partial charge in [0.05, 0.1) is 13.0 Å². The molecule has 12 heteroatoms. The summed E-state index contributed by atoms with van der Waals surface area (Å²) in [5, 5.41) is 13.3. The predicted molar refractivity (Wildman–Crippen MR) is 155 cm³/mol. The van der Waals surface area contributed by atoms with Gasteiger partial charge < -0.3 is 31.3 Å². The minimum Gasteiger partial charge on any atom is -0.380 e. The summed E-state index contributed by atoms with van der Waals surface area (Å²) in [6, 6.07) is 6.70. The average Bonchev–Trinajstić information content (AvgIpc) is 2.92. The lowest BCUT2D eigenvalue weighted by molar-refractivity contribution is -0.127. The Labute approximate surface area is 242 Å². The van der Waals surface area contributed by atoms with Crippen LogP contribution in [0.25, 0.3) is 0 Å². The molecule has 0 aromatic heterocycles. The van der Waals surface area contributed by atoms with Crippen LogP contribution in [0.2, 0.25) is 0 Å². The van der Waals surface area contributed by atoms with E-state index in [1.54, 1.807) is 31.2 Å². The van der Waals surface area contributed by atoms with E-state index < -0.39 is 11.8 Å². The third-order valence-electron chi connectivity index (χ3n) is 6.22. The van der Waals surface area contributed by atoms with Crippen LogP contribution in [0.4, 0.5) is 5.69 Å². The van der Waals surface area contributed by atoms with Crippen molar-refractivity contribution >= 4 is 41.0 Å². The Bertz CT molecular complexity index is 998. The van der Waals surface area contributed by atoms with Gasteiger partial charge in [-0.15, -0.1) is 0 Å². The van der Waals surface area contributed by atoms with Crippen LogP contribution in [-0.2, 0) is 39.9 Å². The Morgan fingerprint density at radius 1 is 0.732 bits per heavy atom. The van der Waals surface area contributed by atoms with Crippen LogP contribution in [0.15, 0.2) is 24.3 Å². The molecule has 0 heterocycles. The summed E-state index contributed by atoms with van der Waals surface area (Å²) in [5.41, 5.74) is 1.24. The number of anilines is 1. The van der Waals surface area contributed by atoms with Crippen molar-refractivity contribution in [3.63, 3.8) is 0 Å². The number of amides is 5. The zero-order valence-electron chi connectivity index (χ0n) is 24.4. The second kappa shape index (κ2) is 21.0. The van der Waals surface area contributed by atoms with Crippen LogP contribution in [-0.4, -0.2) is 75.2 Å². The van der Waals surface area contributed by atoms with Crippen molar-refractivity contribution in [2.45, 2.75) is 65.2 Å². The van der Waals surface area contributed by atoms with Crippen LogP contribution in [0.3, 0.4) is 0 Å². The molecule has 0 aliphatic rings. The van der Waals surface area contributed by atoms with Crippen LogP contribution in [0, 0.1) is 5.92 Å². The number of nitrogens with one attached hydrogen (secondary N) is 5. The molecule has 12 nitrogen and oxygen atoms in total. The fourth-order valence-electron chi connectivity index (χ4n) is 3.60. The van der Waals surface area contributed by atoms with E-state index in [0.29, 0.717) is 31.7 Å². The fraction of sp³-hybridized carbons (Fsp3) is 0.586. The van der Waals surface area contributed by atoms with E-state index in [4.69, 9.17) is 4.74 Å². The Morgan fingerprint density at radius 3 is 2.10 bits per heavy atom. The lowest BCUT2D eigenvalue weighted by Crippen LogP contribution is -2.31. The molecule has 5 amide bonds. The summed E-state index contributed by atoms with van der Waals surface area (Å²) in [6.45, 7) is 5.26. The van der Waals surface area contributed by atoms with Gasteiger partial charge in [0.2, 0.25) is 29.5 Å². The van der Waals surface area contributed by atoms with Gasteiger partial charge in [-0.1, -0.05) is 25.5 Å². The van der Waals surface area contributed by atoms with E-state index >= 15 is 0 Å². The van der Waals surface area contributed by atoms with Gasteiger partial charge in [0.1, 0.15) is 12.2 Å². The number of carbonyl (C=O) groups is 6. The van der Waals surface area contributed by atoms with Gasteiger partial charge in [-0.3, -0.25) is 28.8 Å². The second-order valence-corrected chi connectivity index (χ2v) is 9.80. The largest absolute Gasteiger partial charge is 0.380 e. The molecule has 5 N–H and O–H groups in total. The number of Topliss-reactive ketones (excluding diaryl/α,β-unsaturated/α-hetero) is 1. The van der Waals surface area contributed by atoms with Crippen molar-refractivity contribution in [3.05, 3.63) is 29.8 Å².